The number of amides is 1. The molecule has 0 atom stereocenters. The van der Waals surface area contributed by atoms with Gasteiger partial charge in [-0.1, -0.05) is 19.8 Å². The number of piperidine rings is 1. The van der Waals surface area contributed by atoms with Gasteiger partial charge in [-0.15, -0.1) is 0 Å². The van der Waals surface area contributed by atoms with E-state index >= 15 is 0 Å². The summed E-state index contributed by atoms with van der Waals surface area (Å²) < 4.78 is 14.3. The third kappa shape index (κ3) is 3.71. The average molecular weight is 293 g/mol. The minimum absolute atomic E-state index is 0.120. The van der Waals surface area contributed by atoms with Crippen molar-refractivity contribution in [3.63, 3.8) is 0 Å². The third-order valence-corrected chi connectivity index (χ3v) is 4.06. The maximum absolute atomic E-state index is 14.3. The molecule has 2 heterocycles. The molecule has 1 saturated heterocycles. The minimum atomic E-state index is -0.542. The summed E-state index contributed by atoms with van der Waals surface area (Å²) in [7, 11) is 0. The highest BCUT2D eigenvalue weighted by Crippen LogP contribution is 2.24. The summed E-state index contributed by atoms with van der Waals surface area (Å²) >= 11 is 0. The van der Waals surface area contributed by atoms with Crippen molar-refractivity contribution in [2.45, 2.75) is 39.5 Å². The highest BCUT2D eigenvalue weighted by Gasteiger charge is 2.25. The average Bonchev–Trinajstić information content (AvgIpc) is 2.50. The van der Waals surface area contributed by atoms with Gasteiger partial charge in [0.1, 0.15) is 0 Å². The fraction of sp³-hybridized carbons (Fsp3) is 0.625. The number of nitrogens with one attached hydrogen (secondary N) is 1. The Morgan fingerprint density at radius 1 is 1.43 bits per heavy atom. The summed E-state index contributed by atoms with van der Waals surface area (Å²) in [6.45, 7) is 6.08. The molecule has 2 rings (SSSR count). The first kappa shape index (κ1) is 15.7. The molecule has 0 aromatic carbocycles. The van der Waals surface area contributed by atoms with Crippen molar-refractivity contribution in [2.75, 3.05) is 25.0 Å². The van der Waals surface area contributed by atoms with Crippen LogP contribution >= 0.6 is 0 Å². The number of carbonyl (C=O) groups excluding carboxylic acids is 1. The van der Waals surface area contributed by atoms with Gasteiger partial charge in [-0.2, -0.15) is 0 Å². The number of aromatic nitrogens is 1. The van der Waals surface area contributed by atoms with Crippen LogP contribution in [0.5, 0.6) is 0 Å². The van der Waals surface area contributed by atoms with E-state index in [0.29, 0.717) is 12.5 Å². The second-order valence-corrected chi connectivity index (χ2v) is 5.58. The lowest BCUT2D eigenvalue weighted by molar-refractivity contribution is 0.0682. The molecule has 1 aromatic rings. The molecule has 5 heteroatoms. The summed E-state index contributed by atoms with van der Waals surface area (Å²) in [6.07, 6.45) is 5.93. The molecule has 1 aliphatic rings. The summed E-state index contributed by atoms with van der Waals surface area (Å²) in [5, 5.41) is 2.84. The van der Waals surface area contributed by atoms with Gasteiger partial charge in [0.2, 0.25) is 0 Å². The van der Waals surface area contributed by atoms with E-state index in [1.165, 1.54) is 25.1 Å². The van der Waals surface area contributed by atoms with Gasteiger partial charge in [0.05, 0.1) is 5.56 Å². The van der Waals surface area contributed by atoms with Crippen molar-refractivity contribution in [2.24, 2.45) is 5.92 Å². The molecule has 0 saturated carbocycles. The van der Waals surface area contributed by atoms with E-state index in [9.17, 15) is 9.18 Å². The zero-order valence-corrected chi connectivity index (χ0v) is 12.9. The topological polar surface area (TPSA) is 45.2 Å². The first-order valence-electron chi connectivity index (χ1n) is 7.85. The third-order valence-electron chi connectivity index (χ3n) is 4.06. The van der Waals surface area contributed by atoms with Crippen molar-refractivity contribution in [3.8, 4) is 0 Å². The van der Waals surface area contributed by atoms with E-state index in [2.05, 4.69) is 17.2 Å². The fourth-order valence-electron chi connectivity index (χ4n) is 2.90. The van der Waals surface area contributed by atoms with Gasteiger partial charge in [-0.25, -0.2) is 9.37 Å². The smallest absolute Gasteiger partial charge is 0.257 e. The predicted octanol–water partition coefficient (Wildman–Crippen LogP) is 3.30. The number of likely N-dealkylation sites (tertiary alicyclic amines) is 1. The molecule has 116 valence electrons. The van der Waals surface area contributed by atoms with Crippen LogP contribution in [0.25, 0.3) is 0 Å². The Balaban J connectivity index is 2.06. The molecule has 1 aliphatic heterocycles. The molecule has 0 spiro atoms. The minimum Gasteiger partial charge on any atom is -0.368 e. The number of rotatable bonds is 5. The Morgan fingerprint density at radius 3 is 2.76 bits per heavy atom. The Morgan fingerprint density at radius 2 is 2.14 bits per heavy atom. The van der Waals surface area contributed by atoms with E-state index < -0.39 is 5.82 Å². The largest absolute Gasteiger partial charge is 0.368 e. The monoisotopic (exact) mass is 293 g/mol. The number of carbonyl (C=O) groups is 1. The molecule has 0 aliphatic carbocycles. The maximum atomic E-state index is 14.3. The molecular formula is C16H24FN3O. The van der Waals surface area contributed by atoms with Gasteiger partial charge in [-0.3, -0.25) is 4.79 Å². The summed E-state index contributed by atoms with van der Waals surface area (Å²) in [4.78, 5) is 18.2. The fourth-order valence-corrected chi connectivity index (χ4v) is 2.90. The normalized spacial score (nSPS) is 16.0. The van der Waals surface area contributed by atoms with Crippen molar-refractivity contribution in [1.29, 1.82) is 0 Å². The lowest BCUT2D eigenvalue weighted by atomic mass is 9.92. The Kier molecular flexibility index (Phi) is 5.53. The number of pyridine rings is 1. The number of halogens is 1. The quantitative estimate of drug-likeness (QED) is 0.906. The second-order valence-electron chi connectivity index (χ2n) is 5.58. The van der Waals surface area contributed by atoms with Crippen LogP contribution in [-0.2, 0) is 0 Å². The first-order valence-corrected chi connectivity index (χ1v) is 7.85. The van der Waals surface area contributed by atoms with Gasteiger partial charge in [-0.05, 0) is 31.7 Å². The van der Waals surface area contributed by atoms with Gasteiger partial charge < -0.3 is 10.2 Å². The van der Waals surface area contributed by atoms with Gasteiger partial charge in [0.25, 0.3) is 5.91 Å². The lowest BCUT2D eigenvalue weighted by Crippen LogP contribution is -2.39. The second kappa shape index (κ2) is 7.38. The van der Waals surface area contributed by atoms with Crippen LogP contribution in [0.4, 0.5) is 10.2 Å². The molecule has 1 N–H and O–H groups in total. The zero-order valence-electron chi connectivity index (χ0n) is 12.9. The molecule has 1 aromatic heterocycles. The van der Waals surface area contributed by atoms with Crippen LogP contribution in [-0.4, -0.2) is 35.4 Å². The van der Waals surface area contributed by atoms with Gasteiger partial charge in [0, 0.05) is 25.8 Å². The summed E-state index contributed by atoms with van der Waals surface area (Å²) in [5.41, 5.74) is 0.120. The molecule has 1 amide bonds. The highest BCUT2D eigenvalue weighted by atomic mass is 19.1. The van der Waals surface area contributed by atoms with E-state index in [-0.39, 0.29) is 17.3 Å². The van der Waals surface area contributed by atoms with Crippen molar-refractivity contribution < 1.29 is 9.18 Å². The molecular weight excluding hydrogens is 269 g/mol. The molecule has 4 nitrogen and oxygen atoms in total. The molecule has 1 fully saturated rings. The number of hydrogen-bond donors (Lipinski definition) is 1. The molecule has 0 unspecified atom stereocenters. The van der Waals surface area contributed by atoms with E-state index in [4.69, 9.17) is 0 Å². The van der Waals surface area contributed by atoms with Crippen LogP contribution < -0.4 is 5.32 Å². The zero-order chi connectivity index (χ0) is 15.2. The SMILES string of the molecule is CCCC1CCN(C(=O)c2ccnc(NCC)c2F)CC1. The lowest BCUT2D eigenvalue weighted by Gasteiger charge is -2.32. The van der Waals surface area contributed by atoms with Gasteiger partial charge >= 0.3 is 0 Å². The predicted molar refractivity (Wildman–Crippen MR) is 81.9 cm³/mol. The van der Waals surface area contributed by atoms with E-state index in [1.54, 1.807) is 4.90 Å². The van der Waals surface area contributed by atoms with Crippen LogP contribution in [0, 0.1) is 11.7 Å². The van der Waals surface area contributed by atoms with Gasteiger partial charge in [0.15, 0.2) is 11.6 Å². The van der Waals surface area contributed by atoms with Crippen LogP contribution in [0.2, 0.25) is 0 Å². The summed E-state index contributed by atoms with van der Waals surface area (Å²) in [5.74, 6) is 0.104. The highest BCUT2D eigenvalue weighted by molar-refractivity contribution is 5.95. The molecule has 0 radical (unpaired) electrons. The molecule has 0 bridgehead atoms. The summed E-state index contributed by atoms with van der Waals surface area (Å²) in [6, 6.07) is 1.47. The number of anilines is 1. The van der Waals surface area contributed by atoms with Crippen LogP contribution in [0.3, 0.4) is 0 Å². The number of hydrogen-bond acceptors (Lipinski definition) is 3. The van der Waals surface area contributed by atoms with Crippen molar-refractivity contribution >= 4 is 11.7 Å². The molecule has 21 heavy (non-hydrogen) atoms. The Labute approximate surface area is 125 Å². The Bertz CT molecular complexity index is 484. The van der Waals surface area contributed by atoms with Crippen molar-refractivity contribution in [1.82, 2.24) is 9.88 Å². The number of nitrogens with zero attached hydrogens (tertiary/aromatic N) is 2. The van der Waals surface area contributed by atoms with E-state index in [1.807, 2.05) is 6.92 Å². The van der Waals surface area contributed by atoms with Crippen LogP contribution in [0.1, 0.15) is 49.9 Å². The first-order chi connectivity index (χ1) is 10.2. The Hall–Kier alpha value is -1.65. The van der Waals surface area contributed by atoms with E-state index in [0.717, 1.165) is 25.9 Å². The maximum Gasteiger partial charge on any atom is 0.257 e. The van der Waals surface area contributed by atoms with Crippen molar-refractivity contribution in [3.05, 3.63) is 23.6 Å². The standard InChI is InChI=1S/C16H24FN3O/c1-3-5-12-7-10-20(11-8-12)16(21)13-6-9-19-15(14(13)17)18-4-2/h6,9,12H,3-5,7-8,10-11H2,1-2H3,(H,18,19). The van der Waals surface area contributed by atoms with Crippen LogP contribution in [0.15, 0.2) is 12.3 Å².